The van der Waals surface area contributed by atoms with Gasteiger partial charge in [-0.1, -0.05) is 12.1 Å². The average Bonchev–Trinajstić information content (AvgIpc) is 2.95. The van der Waals surface area contributed by atoms with Crippen LogP contribution in [-0.2, 0) is 4.79 Å². The molecule has 0 saturated carbocycles. The Labute approximate surface area is 119 Å². The van der Waals surface area contributed by atoms with Crippen molar-refractivity contribution in [3.63, 3.8) is 0 Å². The van der Waals surface area contributed by atoms with Gasteiger partial charge in [-0.2, -0.15) is 0 Å². The summed E-state index contributed by atoms with van der Waals surface area (Å²) >= 11 is 0. The van der Waals surface area contributed by atoms with Crippen molar-refractivity contribution in [1.29, 1.82) is 0 Å². The van der Waals surface area contributed by atoms with Crippen LogP contribution in [0.4, 0.5) is 0 Å². The second kappa shape index (κ2) is 6.57. The molecule has 20 heavy (non-hydrogen) atoms. The molecule has 1 fully saturated rings. The molecule has 4 heteroatoms. The summed E-state index contributed by atoms with van der Waals surface area (Å²) in [7, 11) is 1.63. The highest BCUT2D eigenvalue weighted by Crippen LogP contribution is 2.21. The summed E-state index contributed by atoms with van der Waals surface area (Å²) < 4.78 is 5.12. The van der Waals surface area contributed by atoms with Gasteiger partial charge in [0.05, 0.1) is 19.8 Å². The number of carbonyl (C=O) groups excluding carboxylic acids is 1. The molecule has 0 aromatic heterocycles. The average molecular weight is 275 g/mol. The molecule has 0 aliphatic carbocycles. The number of aliphatic hydroxyl groups is 1. The van der Waals surface area contributed by atoms with E-state index in [1.54, 1.807) is 18.1 Å². The molecular formula is C16H21NO3. The molecule has 0 bridgehead atoms. The number of amides is 1. The molecule has 0 unspecified atom stereocenters. The van der Waals surface area contributed by atoms with Crippen molar-refractivity contribution < 1.29 is 14.6 Å². The van der Waals surface area contributed by atoms with Crippen LogP contribution in [0, 0.1) is 0 Å². The fourth-order valence-corrected chi connectivity index (χ4v) is 2.52. The molecule has 1 N–H and O–H groups in total. The van der Waals surface area contributed by atoms with Gasteiger partial charge in [0.25, 0.3) is 0 Å². The monoisotopic (exact) mass is 275 g/mol. The van der Waals surface area contributed by atoms with Crippen LogP contribution in [-0.4, -0.2) is 42.2 Å². The van der Waals surface area contributed by atoms with Gasteiger partial charge >= 0.3 is 0 Å². The highest BCUT2D eigenvalue weighted by molar-refractivity contribution is 5.95. The van der Waals surface area contributed by atoms with Crippen molar-refractivity contribution in [3.8, 4) is 5.75 Å². The summed E-state index contributed by atoms with van der Waals surface area (Å²) in [4.78, 5) is 14.0. The number of allylic oxidation sites excluding steroid dienone is 1. The highest BCUT2D eigenvalue weighted by Gasteiger charge is 2.26. The topological polar surface area (TPSA) is 49.8 Å². The van der Waals surface area contributed by atoms with E-state index in [0.29, 0.717) is 0 Å². The van der Waals surface area contributed by atoms with E-state index in [9.17, 15) is 9.90 Å². The van der Waals surface area contributed by atoms with Crippen molar-refractivity contribution in [2.75, 3.05) is 20.3 Å². The van der Waals surface area contributed by atoms with Gasteiger partial charge in [0.1, 0.15) is 5.75 Å². The second-order valence-electron chi connectivity index (χ2n) is 5.07. The standard InChI is InChI=1S/C16H21NO3/c1-12(13-5-7-15(20-2)8-6-13)10-16(19)17-9-3-4-14(17)11-18/h5-8,10,14,18H,3-4,9,11H2,1-2H3/b12-10+/t14-/m1/s1. The zero-order valence-corrected chi connectivity index (χ0v) is 12.0. The summed E-state index contributed by atoms with van der Waals surface area (Å²) in [5.74, 6) is 0.780. The predicted molar refractivity (Wildman–Crippen MR) is 78.5 cm³/mol. The molecule has 4 nitrogen and oxygen atoms in total. The number of hydrogen-bond acceptors (Lipinski definition) is 3. The highest BCUT2D eigenvalue weighted by atomic mass is 16.5. The normalized spacial score (nSPS) is 19.2. The van der Waals surface area contributed by atoms with Gasteiger partial charge in [-0.3, -0.25) is 4.79 Å². The first-order valence-electron chi connectivity index (χ1n) is 6.90. The number of ether oxygens (including phenoxy) is 1. The molecule has 1 aliphatic rings. The minimum atomic E-state index is -0.0255. The molecule has 0 radical (unpaired) electrons. The van der Waals surface area contributed by atoms with Crippen molar-refractivity contribution >= 4 is 11.5 Å². The van der Waals surface area contributed by atoms with E-state index in [1.807, 2.05) is 31.2 Å². The van der Waals surface area contributed by atoms with E-state index in [1.165, 1.54) is 0 Å². The van der Waals surface area contributed by atoms with Crippen LogP contribution in [0.5, 0.6) is 5.75 Å². The van der Waals surface area contributed by atoms with E-state index in [4.69, 9.17) is 4.74 Å². The summed E-state index contributed by atoms with van der Waals surface area (Å²) in [6.45, 7) is 2.70. The van der Waals surface area contributed by atoms with Crippen LogP contribution >= 0.6 is 0 Å². The molecule has 1 atom stereocenters. The van der Waals surface area contributed by atoms with Crippen molar-refractivity contribution in [1.82, 2.24) is 4.90 Å². The number of aliphatic hydroxyl groups excluding tert-OH is 1. The number of benzene rings is 1. The molecule has 108 valence electrons. The van der Waals surface area contributed by atoms with Crippen molar-refractivity contribution in [2.24, 2.45) is 0 Å². The third-order valence-corrected chi connectivity index (χ3v) is 3.76. The number of rotatable bonds is 4. The Hall–Kier alpha value is -1.81. The first-order valence-corrected chi connectivity index (χ1v) is 6.90. The predicted octanol–water partition coefficient (Wildman–Crippen LogP) is 2.08. The number of nitrogens with zero attached hydrogens (tertiary/aromatic N) is 1. The molecule has 1 amide bonds. The summed E-state index contributed by atoms with van der Waals surface area (Å²) in [6.07, 6.45) is 3.50. The smallest absolute Gasteiger partial charge is 0.247 e. The fourth-order valence-electron chi connectivity index (χ4n) is 2.52. The van der Waals surface area contributed by atoms with E-state index in [0.717, 1.165) is 36.3 Å². The maximum atomic E-state index is 12.2. The Morgan fingerprint density at radius 3 is 2.75 bits per heavy atom. The minimum absolute atomic E-state index is 0.0186. The summed E-state index contributed by atoms with van der Waals surface area (Å²) in [5, 5.41) is 9.27. The van der Waals surface area contributed by atoms with Gasteiger partial charge in [0.15, 0.2) is 0 Å². The maximum Gasteiger partial charge on any atom is 0.247 e. The van der Waals surface area contributed by atoms with E-state index < -0.39 is 0 Å². The van der Waals surface area contributed by atoms with Crippen LogP contribution in [0.2, 0.25) is 0 Å². The van der Waals surface area contributed by atoms with Crippen LogP contribution in [0.3, 0.4) is 0 Å². The van der Waals surface area contributed by atoms with Gasteiger partial charge in [-0.05, 0) is 43.0 Å². The Kier molecular flexibility index (Phi) is 4.79. The molecule has 0 spiro atoms. The number of methoxy groups -OCH3 is 1. The largest absolute Gasteiger partial charge is 0.497 e. The number of carbonyl (C=O) groups is 1. The van der Waals surface area contributed by atoms with Crippen LogP contribution in [0.15, 0.2) is 30.3 Å². The zero-order valence-electron chi connectivity index (χ0n) is 12.0. The number of likely N-dealkylation sites (tertiary alicyclic amines) is 1. The minimum Gasteiger partial charge on any atom is -0.497 e. The summed E-state index contributed by atoms with van der Waals surface area (Å²) in [5.41, 5.74) is 1.92. The number of hydrogen-bond donors (Lipinski definition) is 1. The molecule has 1 aromatic carbocycles. The lowest BCUT2D eigenvalue weighted by molar-refractivity contribution is -0.127. The van der Waals surface area contributed by atoms with Gasteiger partial charge in [0, 0.05) is 12.6 Å². The Bertz CT molecular complexity index is 493. The molecular weight excluding hydrogens is 254 g/mol. The lowest BCUT2D eigenvalue weighted by Gasteiger charge is -2.21. The third kappa shape index (κ3) is 3.20. The molecule has 1 aliphatic heterocycles. The maximum absolute atomic E-state index is 12.2. The van der Waals surface area contributed by atoms with Crippen molar-refractivity contribution in [3.05, 3.63) is 35.9 Å². The van der Waals surface area contributed by atoms with Crippen molar-refractivity contribution in [2.45, 2.75) is 25.8 Å². The lowest BCUT2D eigenvalue weighted by Crippen LogP contribution is -2.36. The molecule has 2 rings (SSSR count). The molecule has 1 saturated heterocycles. The van der Waals surface area contributed by atoms with E-state index in [-0.39, 0.29) is 18.6 Å². The first kappa shape index (κ1) is 14.6. The van der Waals surface area contributed by atoms with E-state index >= 15 is 0 Å². The Balaban J connectivity index is 2.10. The van der Waals surface area contributed by atoms with Gasteiger partial charge in [0.2, 0.25) is 5.91 Å². The fraction of sp³-hybridized carbons (Fsp3) is 0.438. The Morgan fingerprint density at radius 2 is 2.15 bits per heavy atom. The summed E-state index contributed by atoms with van der Waals surface area (Å²) in [6, 6.07) is 7.60. The Morgan fingerprint density at radius 1 is 1.45 bits per heavy atom. The lowest BCUT2D eigenvalue weighted by atomic mass is 10.1. The quantitative estimate of drug-likeness (QED) is 0.856. The van der Waals surface area contributed by atoms with Gasteiger partial charge < -0.3 is 14.7 Å². The van der Waals surface area contributed by atoms with Crippen LogP contribution in [0.25, 0.3) is 5.57 Å². The first-order chi connectivity index (χ1) is 9.65. The second-order valence-corrected chi connectivity index (χ2v) is 5.07. The SMILES string of the molecule is COc1ccc(/C(C)=C/C(=O)N2CCC[C@@H]2CO)cc1. The zero-order chi connectivity index (χ0) is 14.5. The molecule has 1 heterocycles. The van der Waals surface area contributed by atoms with Gasteiger partial charge in [-0.15, -0.1) is 0 Å². The van der Waals surface area contributed by atoms with Crippen LogP contribution < -0.4 is 4.74 Å². The van der Waals surface area contributed by atoms with Crippen LogP contribution in [0.1, 0.15) is 25.3 Å². The van der Waals surface area contributed by atoms with E-state index in [2.05, 4.69) is 0 Å². The molecule has 1 aromatic rings. The van der Waals surface area contributed by atoms with Gasteiger partial charge in [-0.25, -0.2) is 0 Å². The third-order valence-electron chi connectivity index (χ3n) is 3.76.